The molecule has 0 bridgehead atoms. The number of rotatable bonds is 6. The molecule has 0 aromatic heterocycles. The first-order chi connectivity index (χ1) is 9.90. The van der Waals surface area contributed by atoms with Gasteiger partial charge in [0.25, 0.3) is 5.69 Å². The van der Waals surface area contributed by atoms with Crippen molar-refractivity contribution in [2.75, 3.05) is 19.6 Å². The molecule has 1 aliphatic heterocycles. The monoisotopic (exact) mass is 349 g/mol. The van der Waals surface area contributed by atoms with E-state index in [1.54, 1.807) is 6.92 Å². The fourth-order valence-corrected chi connectivity index (χ4v) is 3.74. The maximum absolute atomic E-state index is 12.3. The van der Waals surface area contributed by atoms with Crippen LogP contribution in [0.5, 0.6) is 0 Å². The summed E-state index contributed by atoms with van der Waals surface area (Å²) >= 11 is 0. The molecule has 9 heteroatoms. The molecule has 124 valence electrons. The Morgan fingerprint density at radius 1 is 1.45 bits per heavy atom. The SMILES string of the molecule is Cc1ccc([N+](=O)[O-])cc1S(=O)(=O)NCCC1CCNC1.Cl. The number of aryl methyl sites for hydroxylation is 1. The van der Waals surface area contributed by atoms with Gasteiger partial charge < -0.3 is 5.32 Å². The van der Waals surface area contributed by atoms with Crippen LogP contribution in [0.4, 0.5) is 5.69 Å². The lowest BCUT2D eigenvalue weighted by Crippen LogP contribution is -2.27. The van der Waals surface area contributed by atoms with E-state index in [1.807, 2.05) is 0 Å². The molecule has 1 heterocycles. The van der Waals surface area contributed by atoms with E-state index in [9.17, 15) is 18.5 Å². The first-order valence-corrected chi connectivity index (χ1v) is 8.34. The Morgan fingerprint density at radius 3 is 2.77 bits per heavy atom. The molecule has 0 saturated carbocycles. The molecule has 22 heavy (non-hydrogen) atoms. The molecule has 1 aromatic rings. The third-order valence-corrected chi connectivity index (χ3v) is 5.28. The Bertz CT molecular complexity index is 630. The van der Waals surface area contributed by atoms with Crippen LogP contribution in [0.2, 0.25) is 0 Å². The van der Waals surface area contributed by atoms with Crippen molar-refractivity contribution in [2.24, 2.45) is 5.92 Å². The molecule has 1 fully saturated rings. The lowest BCUT2D eigenvalue weighted by Gasteiger charge is -2.11. The van der Waals surface area contributed by atoms with Gasteiger partial charge in [-0.1, -0.05) is 6.07 Å². The van der Waals surface area contributed by atoms with Gasteiger partial charge in [-0.2, -0.15) is 0 Å². The fraction of sp³-hybridized carbons (Fsp3) is 0.538. The maximum Gasteiger partial charge on any atom is 0.270 e. The molecule has 7 nitrogen and oxygen atoms in total. The number of hydrogen-bond acceptors (Lipinski definition) is 5. The van der Waals surface area contributed by atoms with Gasteiger partial charge in [0.15, 0.2) is 0 Å². The number of halogens is 1. The van der Waals surface area contributed by atoms with Gasteiger partial charge >= 0.3 is 0 Å². The summed E-state index contributed by atoms with van der Waals surface area (Å²) in [6, 6.07) is 3.86. The Labute approximate surface area is 136 Å². The first-order valence-electron chi connectivity index (χ1n) is 6.85. The molecule has 1 aliphatic rings. The van der Waals surface area contributed by atoms with E-state index < -0.39 is 14.9 Å². The smallest absolute Gasteiger partial charge is 0.270 e. The lowest BCUT2D eigenvalue weighted by atomic mass is 10.1. The summed E-state index contributed by atoms with van der Waals surface area (Å²) in [4.78, 5) is 10.1. The number of nitrogens with one attached hydrogen (secondary N) is 2. The summed E-state index contributed by atoms with van der Waals surface area (Å²) in [5.74, 6) is 0.485. The van der Waals surface area contributed by atoms with Crippen LogP contribution < -0.4 is 10.0 Å². The largest absolute Gasteiger partial charge is 0.316 e. The zero-order valence-electron chi connectivity index (χ0n) is 12.2. The first kappa shape index (κ1) is 18.8. The van der Waals surface area contributed by atoms with Crippen molar-refractivity contribution in [1.29, 1.82) is 0 Å². The van der Waals surface area contributed by atoms with Crippen molar-refractivity contribution in [1.82, 2.24) is 10.0 Å². The van der Waals surface area contributed by atoms with Crippen LogP contribution in [0, 0.1) is 23.0 Å². The van der Waals surface area contributed by atoms with Crippen molar-refractivity contribution >= 4 is 28.1 Å². The van der Waals surface area contributed by atoms with Gasteiger partial charge in [0.2, 0.25) is 10.0 Å². The topological polar surface area (TPSA) is 101 Å². The maximum atomic E-state index is 12.3. The molecule has 2 rings (SSSR count). The molecule has 0 spiro atoms. The Hall–Kier alpha value is -1.22. The van der Waals surface area contributed by atoms with Crippen LogP contribution in [-0.2, 0) is 10.0 Å². The van der Waals surface area contributed by atoms with Gasteiger partial charge in [-0.05, 0) is 44.3 Å². The van der Waals surface area contributed by atoms with Crippen molar-refractivity contribution in [3.05, 3.63) is 33.9 Å². The summed E-state index contributed by atoms with van der Waals surface area (Å²) in [5.41, 5.74) is 0.275. The van der Waals surface area contributed by atoms with E-state index in [0.29, 0.717) is 18.0 Å². The molecule has 1 saturated heterocycles. The third kappa shape index (κ3) is 4.64. The second-order valence-electron chi connectivity index (χ2n) is 5.25. The highest BCUT2D eigenvalue weighted by atomic mass is 35.5. The minimum atomic E-state index is -3.71. The predicted molar refractivity (Wildman–Crippen MR) is 85.9 cm³/mol. The van der Waals surface area contributed by atoms with Crippen molar-refractivity contribution in [2.45, 2.75) is 24.7 Å². The van der Waals surface area contributed by atoms with Gasteiger partial charge in [-0.3, -0.25) is 10.1 Å². The summed E-state index contributed by atoms with van der Waals surface area (Å²) in [6.45, 7) is 3.86. The Balaban J connectivity index is 0.00000242. The number of nitro groups is 1. The quantitative estimate of drug-likeness (QED) is 0.600. The van der Waals surface area contributed by atoms with Crippen LogP contribution in [0.15, 0.2) is 23.1 Å². The molecule has 0 aliphatic carbocycles. The molecule has 2 N–H and O–H groups in total. The molecule has 1 atom stereocenters. The summed E-state index contributed by atoms with van der Waals surface area (Å²) in [6.07, 6.45) is 1.82. The molecule has 1 unspecified atom stereocenters. The highest BCUT2D eigenvalue weighted by molar-refractivity contribution is 7.89. The van der Waals surface area contributed by atoms with Crippen LogP contribution in [0.25, 0.3) is 0 Å². The van der Waals surface area contributed by atoms with Gasteiger partial charge in [0, 0.05) is 18.7 Å². The van der Waals surface area contributed by atoms with E-state index in [-0.39, 0.29) is 23.0 Å². The van der Waals surface area contributed by atoms with Crippen molar-refractivity contribution in [3.63, 3.8) is 0 Å². The highest BCUT2D eigenvalue weighted by Crippen LogP contribution is 2.21. The number of nitro benzene ring substituents is 1. The average molecular weight is 350 g/mol. The van der Waals surface area contributed by atoms with Crippen LogP contribution in [0.1, 0.15) is 18.4 Å². The van der Waals surface area contributed by atoms with E-state index in [4.69, 9.17) is 0 Å². The standard InChI is InChI=1S/C13H19N3O4S.ClH/c1-10-2-3-12(16(17)18)8-13(10)21(19,20)15-7-5-11-4-6-14-9-11;/h2-3,8,11,14-15H,4-7,9H2,1H3;1H. The minimum absolute atomic E-state index is 0. The van der Waals surface area contributed by atoms with Gasteiger partial charge in [-0.15, -0.1) is 12.4 Å². The number of non-ortho nitro benzene ring substituents is 1. The second kappa shape index (κ2) is 7.87. The predicted octanol–water partition coefficient (Wildman–Crippen LogP) is 1.60. The van der Waals surface area contributed by atoms with E-state index >= 15 is 0 Å². The number of hydrogen-bond donors (Lipinski definition) is 2. The van der Waals surface area contributed by atoms with E-state index in [0.717, 1.165) is 32.0 Å². The van der Waals surface area contributed by atoms with Crippen molar-refractivity contribution < 1.29 is 13.3 Å². The zero-order valence-corrected chi connectivity index (χ0v) is 13.9. The van der Waals surface area contributed by atoms with Crippen LogP contribution >= 0.6 is 12.4 Å². The van der Waals surface area contributed by atoms with Crippen molar-refractivity contribution in [3.8, 4) is 0 Å². The third-order valence-electron chi connectivity index (χ3n) is 3.68. The zero-order chi connectivity index (χ0) is 15.5. The van der Waals surface area contributed by atoms with E-state index in [2.05, 4.69) is 10.0 Å². The van der Waals surface area contributed by atoms with Gasteiger partial charge in [0.05, 0.1) is 9.82 Å². The molecular formula is C13H20ClN3O4S. The lowest BCUT2D eigenvalue weighted by molar-refractivity contribution is -0.385. The normalized spacial score (nSPS) is 18.0. The second-order valence-corrected chi connectivity index (χ2v) is 6.99. The van der Waals surface area contributed by atoms with E-state index in [1.165, 1.54) is 12.1 Å². The Kier molecular flexibility index (Phi) is 6.73. The summed E-state index contributed by atoms with van der Waals surface area (Å²) in [5, 5.41) is 14.0. The van der Waals surface area contributed by atoms with Gasteiger partial charge in [-0.25, -0.2) is 13.1 Å². The van der Waals surface area contributed by atoms with Gasteiger partial charge in [0.1, 0.15) is 0 Å². The minimum Gasteiger partial charge on any atom is -0.316 e. The number of sulfonamides is 1. The fourth-order valence-electron chi connectivity index (χ4n) is 2.43. The molecule has 1 aromatic carbocycles. The number of benzene rings is 1. The highest BCUT2D eigenvalue weighted by Gasteiger charge is 2.21. The molecular weight excluding hydrogens is 330 g/mol. The molecule has 0 amide bonds. The average Bonchev–Trinajstić information content (AvgIpc) is 2.91. The summed E-state index contributed by atoms with van der Waals surface area (Å²) in [7, 11) is -3.71. The summed E-state index contributed by atoms with van der Waals surface area (Å²) < 4.78 is 27.0. The van der Waals surface area contributed by atoms with Crippen LogP contribution in [0.3, 0.4) is 0 Å². The molecule has 0 radical (unpaired) electrons. The number of nitrogens with zero attached hydrogens (tertiary/aromatic N) is 1. The van der Waals surface area contributed by atoms with Crippen LogP contribution in [-0.4, -0.2) is 33.0 Å². The Morgan fingerprint density at radius 2 is 2.18 bits per heavy atom.